The molecule has 2 nitrogen and oxygen atoms in total. The molecule has 0 aliphatic carbocycles. The highest BCUT2D eigenvalue weighted by atomic mass is 35.5. The summed E-state index contributed by atoms with van der Waals surface area (Å²) in [6.45, 7) is 1.91. The van der Waals surface area contributed by atoms with Crippen LogP contribution in [-0.4, -0.2) is 30.6 Å². The normalized spacial score (nSPS) is 23.4. The van der Waals surface area contributed by atoms with Crippen LogP contribution in [0.4, 0.5) is 15.8 Å². The van der Waals surface area contributed by atoms with Gasteiger partial charge in [0.25, 0.3) is 0 Å². The summed E-state index contributed by atoms with van der Waals surface area (Å²) < 4.78 is 13.3. The Morgan fingerprint density at radius 3 is 3.25 bits per heavy atom. The van der Waals surface area contributed by atoms with Crippen LogP contribution in [0, 0.1) is 5.82 Å². The summed E-state index contributed by atoms with van der Waals surface area (Å²) in [4.78, 5) is 2.34. The average Bonchev–Trinajstić information content (AvgIpc) is 2.31. The zero-order chi connectivity index (χ0) is 11.1. The topological polar surface area (TPSA) is 15.3 Å². The molecule has 1 aromatic rings. The molecular weight excluding hydrogens is 247 g/mol. The minimum absolute atomic E-state index is 0.208. The number of benzene rings is 1. The van der Waals surface area contributed by atoms with Crippen LogP contribution in [0.5, 0.6) is 0 Å². The summed E-state index contributed by atoms with van der Waals surface area (Å²) >= 11 is 7.82. The fraction of sp³-hybridized carbons (Fsp3) is 0.455. The molecule has 0 saturated carbocycles. The predicted molar refractivity (Wildman–Crippen MR) is 68.4 cm³/mol. The molecule has 2 aliphatic rings. The molecule has 1 atom stereocenters. The largest absolute Gasteiger partial charge is 0.381 e. The van der Waals surface area contributed by atoms with Crippen molar-refractivity contribution in [3.63, 3.8) is 0 Å². The maximum absolute atomic E-state index is 13.3. The summed E-state index contributed by atoms with van der Waals surface area (Å²) in [5.74, 6) is 1.91. The van der Waals surface area contributed by atoms with Gasteiger partial charge in [0.2, 0.25) is 0 Å². The molecule has 16 heavy (non-hydrogen) atoms. The summed E-state index contributed by atoms with van der Waals surface area (Å²) in [6.07, 6.45) is 0. The SMILES string of the molecule is Fc1cc2c(cc1Cl)N1CCSCC1CN2. The third-order valence-electron chi connectivity index (χ3n) is 3.10. The molecule has 1 aromatic carbocycles. The molecule has 2 aliphatic heterocycles. The zero-order valence-corrected chi connectivity index (χ0v) is 10.2. The Hall–Kier alpha value is -0.610. The molecule has 0 spiro atoms. The molecule has 1 fully saturated rings. The van der Waals surface area contributed by atoms with E-state index in [1.54, 1.807) is 6.07 Å². The van der Waals surface area contributed by atoms with Crippen molar-refractivity contribution in [2.24, 2.45) is 0 Å². The Labute approximate surface area is 103 Å². The smallest absolute Gasteiger partial charge is 0.143 e. The minimum Gasteiger partial charge on any atom is -0.381 e. The first kappa shape index (κ1) is 10.5. The molecule has 0 radical (unpaired) electrons. The first-order valence-corrected chi connectivity index (χ1v) is 6.86. The number of hydrogen-bond donors (Lipinski definition) is 1. The van der Waals surface area contributed by atoms with Crippen molar-refractivity contribution in [3.05, 3.63) is 23.0 Å². The van der Waals surface area contributed by atoms with E-state index in [4.69, 9.17) is 11.6 Å². The number of anilines is 2. The lowest BCUT2D eigenvalue weighted by atomic mass is 10.1. The van der Waals surface area contributed by atoms with Crippen molar-refractivity contribution in [3.8, 4) is 0 Å². The number of halogens is 2. The second kappa shape index (κ2) is 4.00. The van der Waals surface area contributed by atoms with Crippen molar-refractivity contribution in [1.29, 1.82) is 0 Å². The molecule has 1 N–H and O–H groups in total. The second-order valence-corrected chi connectivity index (χ2v) is 5.64. The maximum atomic E-state index is 13.3. The van der Waals surface area contributed by atoms with Crippen LogP contribution in [0.25, 0.3) is 0 Å². The molecule has 0 amide bonds. The molecule has 3 rings (SSSR count). The third kappa shape index (κ3) is 1.64. The zero-order valence-electron chi connectivity index (χ0n) is 8.67. The summed E-state index contributed by atoms with van der Waals surface area (Å²) in [5, 5.41) is 3.48. The Kier molecular flexibility index (Phi) is 2.64. The monoisotopic (exact) mass is 258 g/mol. The Morgan fingerprint density at radius 1 is 1.50 bits per heavy atom. The molecule has 86 valence electrons. The van der Waals surface area contributed by atoms with Crippen LogP contribution in [-0.2, 0) is 0 Å². The van der Waals surface area contributed by atoms with Crippen LogP contribution in [0.2, 0.25) is 5.02 Å². The number of nitrogens with one attached hydrogen (secondary N) is 1. The van der Waals surface area contributed by atoms with Gasteiger partial charge in [0.05, 0.1) is 22.4 Å². The molecule has 1 saturated heterocycles. The molecule has 0 aromatic heterocycles. The van der Waals surface area contributed by atoms with Crippen LogP contribution in [0.1, 0.15) is 0 Å². The third-order valence-corrected chi connectivity index (χ3v) is 4.49. The maximum Gasteiger partial charge on any atom is 0.143 e. The predicted octanol–water partition coefficient (Wildman–Crippen LogP) is 2.83. The van der Waals surface area contributed by atoms with Crippen LogP contribution in [0.15, 0.2) is 12.1 Å². The lowest BCUT2D eigenvalue weighted by Crippen LogP contribution is -2.49. The lowest BCUT2D eigenvalue weighted by Gasteiger charge is -2.42. The Morgan fingerprint density at radius 2 is 2.38 bits per heavy atom. The van der Waals surface area contributed by atoms with Crippen molar-refractivity contribution in [2.75, 3.05) is 34.8 Å². The van der Waals surface area contributed by atoms with Crippen molar-refractivity contribution >= 4 is 34.7 Å². The number of fused-ring (bicyclic) bond motifs is 3. The second-order valence-electron chi connectivity index (χ2n) is 4.09. The first-order chi connectivity index (χ1) is 7.75. The van der Waals surface area contributed by atoms with E-state index in [1.165, 1.54) is 6.07 Å². The summed E-state index contributed by atoms with van der Waals surface area (Å²) in [6, 6.07) is 3.74. The van der Waals surface area contributed by atoms with Crippen molar-refractivity contribution < 1.29 is 4.39 Å². The van der Waals surface area contributed by atoms with E-state index < -0.39 is 0 Å². The Bertz CT molecular complexity index is 427. The number of nitrogens with zero attached hydrogens (tertiary/aromatic N) is 1. The van der Waals surface area contributed by atoms with Crippen LogP contribution in [0.3, 0.4) is 0 Å². The summed E-state index contributed by atoms with van der Waals surface area (Å²) in [7, 11) is 0. The minimum atomic E-state index is -0.349. The fourth-order valence-corrected chi connectivity index (χ4v) is 3.50. The highest BCUT2D eigenvalue weighted by molar-refractivity contribution is 7.99. The number of rotatable bonds is 0. The average molecular weight is 259 g/mol. The van der Waals surface area contributed by atoms with E-state index in [1.807, 2.05) is 11.8 Å². The van der Waals surface area contributed by atoms with Gasteiger partial charge in [0.1, 0.15) is 5.82 Å². The van der Waals surface area contributed by atoms with Crippen molar-refractivity contribution in [2.45, 2.75) is 6.04 Å². The fourth-order valence-electron chi connectivity index (χ4n) is 2.28. The summed E-state index contributed by atoms with van der Waals surface area (Å²) in [5.41, 5.74) is 1.91. The van der Waals surface area contributed by atoms with E-state index in [-0.39, 0.29) is 10.8 Å². The molecule has 2 heterocycles. The molecule has 1 unspecified atom stereocenters. The highest BCUT2D eigenvalue weighted by Crippen LogP contribution is 2.37. The van der Waals surface area contributed by atoms with Gasteiger partial charge in [-0.05, 0) is 6.07 Å². The van der Waals surface area contributed by atoms with E-state index in [2.05, 4.69) is 10.2 Å². The number of thioether (sulfide) groups is 1. The van der Waals surface area contributed by atoms with Crippen molar-refractivity contribution in [1.82, 2.24) is 0 Å². The van der Waals surface area contributed by atoms with Gasteiger partial charge in [0.15, 0.2) is 0 Å². The van der Waals surface area contributed by atoms with Gasteiger partial charge >= 0.3 is 0 Å². The quantitative estimate of drug-likeness (QED) is 0.770. The van der Waals surface area contributed by atoms with Crippen LogP contribution >= 0.6 is 23.4 Å². The van der Waals surface area contributed by atoms with Gasteiger partial charge in [-0.25, -0.2) is 4.39 Å². The highest BCUT2D eigenvalue weighted by Gasteiger charge is 2.29. The van der Waals surface area contributed by atoms with Crippen LogP contribution < -0.4 is 10.2 Å². The molecule has 0 bridgehead atoms. The van der Waals surface area contributed by atoms with Gasteiger partial charge in [-0.3, -0.25) is 0 Å². The molecule has 5 heteroatoms. The van der Waals surface area contributed by atoms with Gasteiger partial charge in [-0.2, -0.15) is 11.8 Å². The van der Waals surface area contributed by atoms with E-state index in [0.717, 1.165) is 36.0 Å². The first-order valence-electron chi connectivity index (χ1n) is 5.33. The molecular formula is C11H12ClFN2S. The Balaban J connectivity index is 2.04. The lowest BCUT2D eigenvalue weighted by molar-refractivity contribution is 0.621. The van der Waals surface area contributed by atoms with E-state index in [9.17, 15) is 4.39 Å². The van der Waals surface area contributed by atoms with E-state index >= 15 is 0 Å². The van der Waals surface area contributed by atoms with Gasteiger partial charge in [-0.15, -0.1) is 0 Å². The van der Waals surface area contributed by atoms with Gasteiger partial charge < -0.3 is 10.2 Å². The van der Waals surface area contributed by atoms with Gasteiger partial charge in [0, 0.05) is 30.7 Å². The number of hydrogen-bond acceptors (Lipinski definition) is 3. The van der Waals surface area contributed by atoms with E-state index in [0.29, 0.717) is 6.04 Å². The standard InChI is InChI=1S/C11H12ClFN2S/c12-8-3-11-10(4-9(8)13)14-5-7-6-16-2-1-15(7)11/h3-4,7,14H,1-2,5-6H2. The van der Waals surface area contributed by atoms with Gasteiger partial charge in [-0.1, -0.05) is 11.6 Å².